The van der Waals surface area contributed by atoms with Crippen molar-refractivity contribution in [1.29, 1.82) is 0 Å². The maximum atomic E-state index is 12.5. The number of carbonyl (C=O) groups excluding carboxylic acids is 1. The van der Waals surface area contributed by atoms with Gasteiger partial charge in [0.15, 0.2) is 22.4 Å². The van der Waals surface area contributed by atoms with Crippen LogP contribution in [0.3, 0.4) is 0 Å². The molecule has 0 amide bonds. The van der Waals surface area contributed by atoms with Crippen LogP contribution in [0.25, 0.3) is 0 Å². The first-order valence-electron chi connectivity index (χ1n) is 7.89. The van der Waals surface area contributed by atoms with Crippen molar-refractivity contribution in [2.75, 3.05) is 13.7 Å². The van der Waals surface area contributed by atoms with Gasteiger partial charge in [0.2, 0.25) is 0 Å². The Morgan fingerprint density at radius 2 is 2.17 bits per heavy atom. The zero-order valence-corrected chi connectivity index (χ0v) is 16.0. The highest BCUT2D eigenvalue weighted by Gasteiger charge is 2.33. The Hall–Kier alpha value is -1.60. The minimum absolute atomic E-state index is 0.160. The molecular weight excluding hydrogens is 392 g/mol. The van der Waals surface area contributed by atoms with E-state index in [1.165, 1.54) is 0 Å². The lowest BCUT2D eigenvalue weighted by molar-refractivity contribution is -0.116. The highest BCUT2D eigenvalue weighted by atomic mass is 79.9. The largest absolute Gasteiger partial charge is 0.493 e. The number of thiocarbonyl (C=S) groups is 1. The van der Waals surface area contributed by atoms with Crippen LogP contribution in [0.4, 0.5) is 0 Å². The molecule has 0 saturated carbocycles. The Morgan fingerprint density at radius 1 is 1.38 bits per heavy atom. The van der Waals surface area contributed by atoms with Crippen LogP contribution in [-0.2, 0) is 4.79 Å². The van der Waals surface area contributed by atoms with E-state index >= 15 is 0 Å². The number of carbonyl (C=O) groups is 1. The third-order valence-electron chi connectivity index (χ3n) is 4.16. The van der Waals surface area contributed by atoms with Gasteiger partial charge in [-0.15, -0.1) is 0 Å². The van der Waals surface area contributed by atoms with Gasteiger partial charge in [0.05, 0.1) is 24.2 Å². The average Bonchev–Trinajstić information content (AvgIpc) is 2.55. The lowest BCUT2D eigenvalue weighted by atomic mass is 9.85. The number of hydrogen-bond donors (Lipinski definition) is 2. The molecule has 0 fully saturated rings. The molecule has 1 aliphatic heterocycles. The molecule has 1 atom stereocenters. The van der Waals surface area contributed by atoms with Crippen molar-refractivity contribution in [2.45, 2.75) is 32.2 Å². The zero-order valence-electron chi connectivity index (χ0n) is 13.6. The van der Waals surface area contributed by atoms with Crippen LogP contribution in [0.5, 0.6) is 11.5 Å². The highest BCUT2D eigenvalue weighted by molar-refractivity contribution is 9.10. The second kappa shape index (κ2) is 7.11. The van der Waals surface area contributed by atoms with Crippen LogP contribution in [0, 0.1) is 0 Å². The maximum Gasteiger partial charge on any atom is 0.175 e. The van der Waals surface area contributed by atoms with Gasteiger partial charge in [0, 0.05) is 17.7 Å². The number of nitrogens with one attached hydrogen (secondary N) is 2. The molecule has 5 nitrogen and oxygen atoms in total. The first kappa shape index (κ1) is 17.2. The highest BCUT2D eigenvalue weighted by Crippen LogP contribution is 2.41. The quantitative estimate of drug-likeness (QED) is 0.741. The summed E-state index contributed by atoms with van der Waals surface area (Å²) in [5.74, 6) is 1.44. The van der Waals surface area contributed by atoms with E-state index in [2.05, 4.69) is 26.6 Å². The molecule has 1 aromatic carbocycles. The maximum absolute atomic E-state index is 12.5. The summed E-state index contributed by atoms with van der Waals surface area (Å²) >= 11 is 8.86. The third-order valence-corrected chi connectivity index (χ3v) is 4.97. The van der Waals surface area contributed by atoms with Crippen molar-refractivity contribution in [3.63, 3.8) is 0 Å². The summed E-state index contributed by atoms with van der Waals surface area (Å²) in [5, 5.41) is 6.89. The zero-order chi connectivity index (χ0) is 17.3. The number of benzene rings is 1. The first-order chi connectivity index (χ1) is 11.5. The van der Waals surface area contributed by atoms with Crippen molar-refractivity contribution in [3.8, 4) is 11.5 Å². The number of Topliss-reactive ketones (excluding diaryl/α,β-unsaturated/α-hetero) is 1. The molecule has 0 saturated heterocycles. The van der Waals surface area contributed by atoms with Crippen LogP contribution in [-0.4, -0.2) is 24.6 Å². The molecule has 0 bridgehead atoms. The molecule has 1 heterocycles. The second-order valence-electron chi connectivity index (χ2n) is 5.67. The average molecular weight is 411 g/mol. The molecule has 0 aromatic heterocycles. The Morgan fingerprint density at radius 3 is 2.88 bits per heavy atom. The van der Waals surface area contributed by atoms with Crippen molar-refractivity contribution >= 4 is 39.0 Å². The Labute approximate surface area is 154 Å². The van der Waals surface area contributed by atoms with Crippen molar-refractivity contribution in [2.24, 2.45) is 0 Å². The van der Waals surface area contributed by atoms with Crippen LogP contribution < -0.4 is 20.1 Å². The number of halogens is 1. The van der Waals surface area contributed by atoms with E-state index in [1.807, 2.05) is 19.1 Å². The number of hydrogen-bond acceptors (Lipinski definition) is 4. The number of methoxy groups -OCH3 is 1. The van der Waals surface area contributed by atoms with E-state index in [0.717, 1.165) is 34.1 Å². The predicted molar refractivity (Wildman–Crippen MR) is 99.4 cm³/mol. The Bertz CT molecular complexity index is 733. The van der Waals surface area contributed by atoms with Gasteiger partial charge in [-0.3, -0.25) is 4.79 Å². The van der Waals surface area contributed by atoms with Gasteiger partial charge < -0.3 is 20.1 Å². The van der Waals surface area contributed by atoms with Gasteiger partial charge in [0.25, 0.3) is 0 Å². The standard InChI is InChI=1S/C17H19BrN2O3S/c1-3-23-16-10(18)7-9(8-13(16)22-2)15-14-11(19-17(24)20-15)5-4-6-12(14)21/h7-8,15H,3-6H2,1-2H3,(H2,19,20,24). The summed E-state index contributed by atoms with van der Waals surface area (Å²) in [5.41, 5.74) is 2.62. The molecule has 2 N–H and O–H groups in total. The summed E-state index contributed by atoms with van der Waals surface area (Å²) in [6.45, 7) is 2.46. The molecule has 0 radical (unpaired) electrons. The monoisotopic (exact) mass is 410 g/mol. The van der Waals surface area contributed by atoms with E-state index in [-0.39, 0.29) is 11.8 Å². The fourth-order valence-corrected chi connectivity index (χ4v) is 3.96. The minimum Gasteiger partial charge on any atom is -0.493 e. The van der Waals surface area contributed by atoms with Crippen molar-refractivity contribution < 1.29 is 14.3 Å². The number of ether oxygens (including phenoxy) is 2. The van der Waals surface area contributed by atoms with Crippen molar-refractivity contribution in [3.05, 3.63) is 33.4 Å². The fraction of sp³-hybridized carbons (Fsp3) is 0.412. The van der Waals surface area contributed by atoms with Gasteiger partial charge >= 0.3 is 0 Å². The molecule has 0 spiro atoms. The molecule has 3 rings (SSSR count). The molecule has 24 heavy (non-hydrogen) atoms. The lowest BCUT2D eigenvalue weighted by Gasteiger charge is -2.34. The van der Waals surface area contributed by atoms with Crippen LogP contribution in [0.15, 0.2) is 27.9 Å². The smallest absolute Gasteiger partial charge is 0.175 e. The molecule has 1 unspecified atom stereocenters. The lowest BCUT2D eigenvalue weighted by Crippen LogP contribution is -2.46. The Kier molecular flexibility index (Phi) is 5.10. The van der Waals surface area contributed by atoms with Gasteiger partial charge in [-0.2, -0.15) is 0 Å². The number of ketones is 1. The predicted octanol–water partition coefficient (Wildman–Crippen LogP) is 3.38. The number of allylic oxidation sites excluding steroid dienone is 1. The van der Waals surface area contributed by atoms with Gasteiger partial charge in [-0.05, 0) is 65.6 Å². The summed E-state index contributed by atoms with van der Waals surface area (Å²) in [6.07, 6.45) is 2.27. The first-order valence-corrected chi connectivity index (χ1v) is 9.09. The summed E-state index contributed by atoms with van der Waals surface area (Å²) in [7, 11) is 1.60. The van der Waals surface area contributed by atoms with Crippen LogP contribution >= 0.6 is 28.1 Å². The third kappa shape index (κ3) is 3.15. The van der Waals surface area contributed by atoms with E-state index < -0.39 is 0 Å². The molecule has 1 aliphatic carbocycles. The number of rotatable bonds is 4. The van der Waals surface area contributed by atoms with Crippen LogP contribution in [0.1, 0.15) is 37.8 Å². The Balaban J connectivity index is 2.08. The van der Waals surface area contributed by atoms with Gasteiger partial charge in [-0.1, -0.05) is 0 Å². The van der Waals surface area contributed by atoms with E-state index in [1.54, 1.807) is 7.11 Å². The summed E-state index contributed by atoms with van der Waals surface area (Å²) < 4.78 is 11.9. The van der Waals surface area contributed by atoms with Gasteiger partial charge in [-0.25, -0.2) is 0 Å². The molecule has 1 aromatic rings. The van der Waals surface area contributed by atoms with Crippen molar-refractivity contribution in [1.82, 2.24) is 10.6 Å². The minimum atomic E-state index is -0.276. The molecular formula is C17H19BrN2O3S. The summed E-state index contributed by atoms with van der Waals surface area (Å²) in [4.78, 5) is 12.5. The normalized spacial score (nSPS) is 20.2. The fourth-order valence-electron chi connectivity index (χ4n) is 3.15. The van der Waals surface area contributed by atoms with E-state index in [0.29, 0.717) is 29.6 Å². The SMILES string of the molecule is CCOc1c(Br)cc(C2NC(=S)NC3=C2C(=O)CCC3)cc1OC. The summed E-state index contributed by atoms with van der Waals surface area (Å²) in [6, 6.07) is 3.57. The molecule has 128 valence electrons. The molecule has 2 aliphatic rings. The van der Waals surface area contributed by atoms with E-state index in [4.69, 9.17) is 21.7 Å². The molecule has 7 heteroatoms. The van der Waals surface area contributed by atoms with Crippen LogP contribution in [0.2, 0.25) is 0 Å². The van der Waals surface area contributed by atoms with E-state index in [9.17, 15) is 4.79 Å². The second-order valence-corrected chi connectivity index (χ2v) is 6.93. The topological polar surface area (TPSA) is 59.6 Å². The van der Waals surface area contributed by atoms with Gasteiger partial charge in [0.1, 0.15) is 0 Å².